The van der Waals surface area contributed by atoms with Gasteiger partial charge in [-0.15, -0.1) is 0 Å². The van der Waals surface area contributed by atoms with E-state index in [0.717, 1.165) is 24.8 Å². The van der Waals surface area contributed by atoms with Crippen LogP contribution in [0, 0.1) is 0 Å². The highest BCUT2D eigenvalue weighted by molar-refractivity contribution is 5.85. The molecule has 0 aromatic heterocycles. The molecule has 6 nitrogen and oxygen atoms in total. The first-order chi connectivity index (χ1) is 12.5. The van der Waals surface area contributed by atoms with Gasteiger partial charge in [0, 0.05) is 20.0 Å². The number of nitrogens with zero attached hydrogens (tertiary/aromatic N) is 2. The number of likely N-dealkylation sites (tertiary alicyclic amines) is 1. The second-order valence-corrected chi connectivity index (χ2v) is 7.00. The quantitative estimate of drug-likeness (QED) is 0.776. The van der Waals surface area contributed by atoms with Gasteiger partial charge in [0.1, 0.15) is 6.04 Å². The van der Waals surface area contributed by atoms with E-state index >= 15 is 0 Å². The minimum atomic E-state index is -0.508. The third kappa shape index (κ3) is 3.59. The summed E-state index contributed by atoms with van der Waals surface area (Å²) in [7, 11) is 1.36. The fourth-order valence-electron chi connectivity index (χ4n) is 4.14. The number of ether oxygens (including phenoxy) is 1. The molecule has 0 bridgehead atoms. The maximum Gasteiger partial charge on any atom is 0.328 e. The predicted octanol–water partition coefficient (Wildman–Crippen LogP) is 2.08. The van der Waals surface area contributed by atoms with Crippen molar-refractivity contribution in [3.63, 3.8) is 0 Å². The molecular weight excluding hydrogens is 332 g/mol. The summed E-state index contributed by atoms with van der Waals surface area (Å²) in [6, 6.07) is 7.20. The number of fused-ring (bicyclic) bond motifs is 1. The van der Waals surface area contributed by atoms with Crippen molar-refractivity contribution in [1.29, 1.82) is 0 Å². The van der Waals surface area contributed by atoms with Gasteiger partial charge in [-0.05, 0) is 36.8 Å². The number of amides is 2. The zero-order valence-corrected chi connectivity index (χ0v) is 15.4. The molecule has 1 fully saturated rings. The van der Waals surface area contributed by atoms with Crippen LogP contribution in [0.4, 0.5) is 0 Å². The minimum Gasteiger partial charge on any atom is -0.467 e. The third-order valence-corrected chi connectivity index (χ3v) is 5.48. The molecule has 0 aliphatic carbocycles. The number of benzene rings is 1. The molecule has 1 aromatic rings. The Hall–Kier alpha value is -2.37. The molecule has 2 unspecified atom stereocenters. The zero-order chi connectivity index (χ0) is 18.7. The molecule has 26 heavy (non-hydrogen) atoms. The number of hydrogen-bond donors (Lipinski definition) is 0. The number of hydrogen-bond acceptors (Lipinski definition) is 4. The Morgan fingerprint density at radius 2 is 1.88 bits per heavy atom. The number of esters is 1. The Morgan fingerprint density at radius 3 is 2.62 bits per heavy atom. The van der Waals surface area contributed by atoms with Gasteiger partial charge in [-0.2, -0.15) is 0 Å². The van der Waals surface area contributed by atoms with Crippen LogP contribution in [0.15, 0.2) is 24.3 Å². The van der Waals surface area contributed by atoms with Crippen LogP contribution in [0.5, 0.6) is 0 Å². The van der Waals surface area contributed by atoms with E-state index in [-0.39, 0.29) is 30.2 Å². The van der Waals surface area contributed by atoms with Crippen molar-refractivity contribution in [2.75, 3.05) is 20.2 Å². The lowest BCUT2D eigenvalue weighted by Crippen LogP contribution is -2.50. The van der Waals surface area contributed by atoms with Crippen molar-refractivity contribution in [2.45, 2.75) is 51.1 Å². The van der Waals surface area contributed by atoms with E-state index in [1.807, 2.05) is 18.2 Å². The van der Waals surface area contributed by atoms with Crippen molar-refractivity contribution >= 4 is 17.8 Å². The summed E-state index contributed by atoms with van der Waals surface area (Å²) in [5.74, 6) is -0.473. The lowest BCUT2D eigenvalue weighted by molar-refractivity contribution is -0.155. The van der Waals surface area contributed by atoms with Gasteiger partial charge in [0.05, 0.1) is 19.6 Å². The first-order valence-electron chi connectivity index (χ1n) is 9.25. The van der Waals surface area contributed by atoms with Crippen molar-refractivity contribution in [1.82, 2.24) is 9.80 Å². The Morgan fingerprint density at radius 1 is 1.12 bits per heavy atom. The third-order valence-electron chi connectivity index (χ3n) is 5.48. The number of rotatable bonds is 3. The van der Waals surface area contributed by atoms with Gasteiger partial charge in [0.25, 0.3) is 0 Å². The number of carbonyl (C=O) groups excluding carboxylic acids is 3. The highest BCUT2D eigenvalue weighted by Crippen LogP contribution is 2.33. The smallest absolute Gasteiger partial charge is 0.328 e. The van der Waals surface area contributed by atoms with E-state index < -0.39 is 6.04 Å². The predicted molar refractivity (Wildman–Crippen MR) is 96.3 cm³/mol. The molecule has 0 N–H and O–H groups in total. The van der Waals surface area contributed by atoms with Crippen LogP contribution in [-0.4, -0.2) is 53.8 Å². The monoisotopic (exact) mass is 358 g/mol. The fraction of sp³-hybridized carbons (Fsp3) is 0.550. The summed E-state index contributed by atoms with van der Waals surface area (Å²) in [6.07, 6.45) is 3.43. The SMILES string of the molecule is COC(=O)C1CCCCN1C(=O)CC1c2ccccc2CCN1C(C)=O. The topological polar surface area (TPSA) is 66.9 Å². The number of methoxy groups -OCH3 is 1. The molecule has 1 saturated heterocycles. The average molecular weight is 358 g/mol. The molecule has 6 heteroatoms. The highest BCUT2D eigenvalue weighted by Gasteiger charge is 2.36. The zero-order valence-electron chi connectivity index (χ0n) is 15.4. The number of piperidine rings is 1. The number of carbonyl (C=O) groups is 3. The summed E-state index contributed by atoms with van der Waals surface area (Å²) in [4.78, 5) is 40.7. The molecule has 2 atom stereocenters. The van der Waals surface area contributed by atoms with E-state index in [2.05, 4.69) is 6.07 Å². The second-order valence-electron chi connectivity index (χ2n) is 7.00. The van der Waals surface area contributed by atoms with Crippen LogP contribution in [0.2, 0.25) is 0 Å². The van der Waals surface area contributed by atoms with Crippen molar-refractivity contribution in [3.8, 4) is 0 Å². The van der Waals surface area contributed by atoms with E-state index in [1.165, 1.54) is 12.7 Å². The van der Waals surface area contributed by atoms with Crippen LogP contribution in [-0.2, 0) is 25.5 Å². The van der Waals surface area contributed by atoms with Gasteiger partial charge < -0.3 is 14.5 Å². The van der Waals surface area contributed by atoms with Crippen molar-refractivity contribution < 1.29 is 19.1 Å². The molecule has 2 aliphatic heterocycles. The molecule has 140 valence electrons. The van der Waals surface area contributed by atoms with Crippen LogP contribution in [0.1, 0.15) is 49.8 Å². The molecule has 0 saturated carbocycles. The minimum absolute atomic E-state index is 0.0273. The van der Waals surface area contributed by atoms with E-state index in [9.17, 15) is 14.4 Å². The maximum atomic E-state index is 13.1. The van der Waals surface area contributed by atoms with Crippen LogP contribution in [0.3, 0.4) is 0 Å². The molecule has 1 aromatic carbocycles. The Labute approximate surface area is 154 Å². The second kappa shape index (κ2) is 7.89. The molecule has 2 heterocycles. The lowest BCUT2D eigenvalue weighted by Gasteiger charge is -2.39. The maximum absolute atomic E-state index is 13.1. The van der Waals surface area contributed by atoms with Crippen molar-refractivity contribution in [3.05, 3.63) is 35.4 Å². The molecular formula is C20H26N2O4. The average Bonchev–Trinajstić information content (AvgIpc) is 2.67. The Bertz CT molecular complexity index is 703. The Kier molecular flexibility index (Phi) is 5.59. The molecule has 0 radical (unpaired) electrons. The molecule has 3 rings (SSSR count). The van der Waals surface area contributed by atoms with Crippen LogP contribution >= 0.6 is 0 Å². The first-order valence-corrected chi connectivity index (χ1v) is 9.25. The summed E-state index contributed by atoms with van der Waals surface area (Å²) in [6.45, 7) is 2.72. The molecule has 2 amide bonds. The first kappa shape index (κ1) is 18.4. The van der Waals surface area contributed by atoms with E-state index in [1.54, 1.807) is 16.7 Å². The fourth-order valence-corrected chi connectivity index (χ4v) is 4.14. The molecule has 0 spiro atoms. The van der Waals surface area contributed by atoms with Gasteiger partial charge in [-0.25, -0.2) is 4.79 Å². The highest BCUT2D eigenvalue weighted by atomic mass is 16.5. The van der Waals surface area contributed by atoms with Gasteiger partial charge in [0.2, 0.25) is 11.8 Å². The Balaban J connectivity index is 1.84. The largest absolute Gasteiger partial charge is 0.467 e. The van der Waals surface area contributed by atoms with Gasteiger partial charge in [0.15, 0.2) is 0 Å². The molecule has 2 aliphatic rings. The lowest BCUT2D eigenvalue weighted by atomic mass is 9.89. The summed E-state index contributed by atoms with van der Waals surface area (Å²) >= 11 is 0. The van der Waals surface area contributed by atoms with Gasteiger partial charge in [-0.1, -0.05) is 24.3 Å². The summed E-state index contributed by atoms with van der Waals surface area (Å²) in [5.41, 5.74) is 2.22. The van der Waals surface area contributed by atoms with Crippen molar-refractivity contribution in [2.24, 2.45) is 0 Å². The van der Waals surface area contributed by atoms with E-state index in [4.69, 9.17) is 4.74 Å². The van der Waals surface area contributed by atoms with E-state index in [0.29, 0.717) is 19.5 Å². The van der Waals surface area contributed by atoms with Crippen LogP contribution in [0.25, 0.3) is 0 Å². The standard InChI is InChI=1S/C20H26N2O4/c1-14(23)21-12-10-15-7-3-4-8-16(15)18(21)13-19(24)22-11-6-5-9-17(22)20(25)26-2/h3-4,7-8,17-18H,5-6,9-13H2,1-2H3. The van der Waals surface area contributed by atoms with Gasteiger partial charge in [-0.3, -0.25) is 9.59 Å². The summed E-state index contributed by atoms with van der Waals surface area (Å²) < 4.78 is 4.88. The normalized spacial score (nSPS) is 22.5. The van der Waals surface area contributed by atoms with Gasteiger partial charge >= 0.3 is 5.97 Å². The van der Waals surface area contributed by atoms with Crippen LogP contribution < -0.4 is 0 Å². The summed E-state index contributed by atoms with van der Waals surface area (Å²) in [5, 5.41) is 0.